The van der Waals surface area contributed by atoms with E-state index in [0.29, 0.717) is 19.1 Å². The smallest absolute Gasteiger partial charge is 0.308 e. The third-order valence-corrected chi connectivity index (χ3v) is 6.41. The van der Waals surface area contributed by atoms with Crippen LogP contribution in [0.3, 0.4) is 0 Å². The summed E-state index contributed by atoms with van der Waals surface area (Å²) in [6, 6.07) is 0.668. The largest absolute Gasteiger partial charge is 0.481 e. The van der Waals surface area contributed by atoms with E-state index in [0.717, 1.165) is 32.5 Å². The summed E-state index contributed by atoms with van der Waals surface area (Å²) in [4.78, 5) is 18.8. The number of hydrogen-bond acceptors (Lipinski definition) is 5. The zero-order chi connectivity index (χ0) is 17.9. The molecule has 0 bridgehead atoms. The molecule has 144 valence electrons. The lowest BCUT2D eigenvalue weighted by atomic mass is 9.85. The molecule has 3 rings (SSSR count). The summed E-state index contributed by atoms with van der Waals surface area (Å²) in [6.45, 7) is 14.2. The summed E-state index contributed by atoms with van der Waals surface area (Å²) in [5.74, 6) is -0.993. The average Bonchev–Trinajstić information content (AvgIpc) is 3.01. The second kappa shape index (κ2) is 8.33. The molecule has 3 fully saturated rings. The molecule has 6 heteroatoms. The normalized spacial score (nSPS) is 28.8. The molecule has 3 saturated heterocycles. The van der Waals surface area contributed by atoms with Crippen LogP contribution in [0.15, 0.2) is 0 Å². The van der Waals surface area contributed by atoms with Crippen LogP contribution in [0.5, 0.6) is 0 Å². The minimum absolute atomic E-state index is 0.146. The predicted octanol–water partition coefficient (Wildman–Crippen LogP) is 1.36. The number of nitrogens with zero attached hydrogens (tertiary/aromatic N) is 3. The Kier molecular flexibility index (Phi) is 6.36. The van der Waals surface area contributed by atoms with Crippen molar-refractivity contribution < 1.29 is 14.6 Å². The Morgan fingerprint density at radius 3 is 2.20 bits per heavy atom. The lowest BCUT2D eigenvalue weighted by Crippen LogP contribution is -2.49. The molecule has 0 saturated carbocycles. The summed E-state index contributed by atoms with van der Waals surface area (Å²) < 4.78 is 5.91. The Morgan fingerprint density at radius 1 is 1.08 bits per heavy atom. The molecular formula is C19H35N3O3. The molecule has 3 heterocycles. The zero-order valence-electron chi connectivity index (χ0n) is 16.0. The Bertz CT molecular complexity index is 441. The highest BCUT2D eigenvalue weighted by Crippen LogP contribution is 2.38. The quantitative estimate of drug-likeness (QED) is 0.778. The third kappa shape index (κ3) is 4.94. The minimum atomic E-state index is -0.697. The van der Waals surface area contributed by atoms with Crippen molar-refractivity contribution in [3.8, 4) is 0 Å². The highest BCUT2D eigenvalue weighted by molar-refractivity contribution is 5.70. The van der Waals surface area contributed by atoms with Crippen LogP contribution in [-0.2, 0) is 9.53 Å². The van der Waals surface area contributed by atoms with Crippen molar-refractivity contribution in [1.29, 1.82) is 0 Å². The number of carboxylic acid groups (broad SMARTS) is 1. The van der Waals surface area contributed by atoms with Gasteiger partial charge in [-0.05, 0) is 52.6 Å². The van der Waals surface area contributed by atoms with E-state index in [1.807, 2.05) is 0 Å². The molecule has 3 aliphatic heterocycles. The fourth-order valence-electron chi connectivity index (χ4n) is 4.56. The summed E-state index contributed by atoms with van der Waals surface area (Å²) in [7, 11) is 0. The first-order valence-corrected chi connectivity index (χ1v) is 10.0. The Balaban J connectivity index is 1.31. The molecule has 0 radical (unpaired) electrons. The summed E-state index contributed by atoms with van der Waals surface area (Å²) in [5.41, 5.74) is -0.146. The van der Waals surface area contributed by atoms with Crippen LogP contribution >= 0.6 is 0 Å². The molecular weight excluding hydrogens is 318 g/mol. The summed E-state index contributed by atoms with van der Waals surface area (Å²) in [5, 5.41) is 9.17. The SMILES string of the molecule is CC(C)N1CCN(CCCN2CCC3(CC2)CC(C(=O)O)CO3)CC1. The van der Waals surface area contributed by atoms with Crippen molar-refractivity contribution >= 4 is 5.97 Å². The first-order valence-electron chi connectivity index (χ1n) is 10.0. The van der Waals surface area contributed by atoms with E-state index in [1.54, 1.807) is 0 Å². The molecule has 3 aliphatic rings. The molecule has 1 N–H and O–H groups in total. The van der Waals surface area contributed by atoms with Crippen molar-refractivity contribution in [3.63, 3.8) is 0 Å². The van der Waals surface area contributed by atoms with Gasteiger partial charge in [-0.25, -0.2) is 0 Å². The van der Waals surface area contributed by atoms with Gasteiger partial charge in [0.05, 0.1) is 18.1 Å². The van der Waals surface area contributed by atoms with E-state index in [4.69, 9.17) is 9.84 Å². The van der Waals surface area contributed by atoms with Crippen molar-refractivity contribution in [2.45, 2.75) is 51.2 Å². The second-order valence-corrected chi connectivity index (χ2v) is 8.40. The van der Waals surface area contributed by atoms with Gasteiger partial charge in [-0.2, -0.15) is 0 Å². The van der Waals surface area contributed by atoms with Gasteiger partial charge in [-0.3, -0.25) is 9.69 Å². The topological polar surface area (TPSA) is 56.2 Å². The average molecular weight is 354 g/mol. The maximum Gasteiger partial charge on any atom is 0.308 e. The molecule has 0 amide bonds. The number of carboxylic acids is 1. The van der Waals surface area contributed by atoms with Gasteiger partial charge in [0.2, 0.25) is 0 Å². The van der Waals surface area contributed by atoms with Crippen LogP contribution in [0.1, 0.15) is 39.5 Å². The molecule has 1 atom stereocenters. The van der Waals surface area contributed by atoms with Gasteiger partial charge >= 0.3 is 5.97 Å². The number of hydrogen-bond donors (Lipinski definition) is 1. The van der Waals surface area contributed by atoms with Gasteiger partial charge in [-0.15, -0.1) is 0 Å². The number of piperazine rings is 1. The van der Waals surface area contributed by atoms with Gasteiger partial charge in [0.15, 0.2) is 0 Å². The van der Waals surface area contributed by atoms with Gasteiger partial charge in [0.1, 0.15) is 0 Å². The van der Waals surface area contributed by atoms with Gasteiger partial charge < -0.3 is 19.6 Å². The summed E-state index contributed by atoms with van der Waals surface area (Å²) >= 11 is 0. The minimum Gasteiger partial charge on any atom is -0.481 e. The maximum absolute atomic E-state index is 11.1. The fourth-order valence-corrected chi connectivity index (χ4v) is 4.56. The standard InChI is InChI=1S/C19H35N3O3/c1-16(2)22-12-10-21(11-13-22)7-3-6-20-8-4-19(5-9-20)14-17(15-25-19)18(23)24/h16-17H,3-15H2,1-2H3,(H,23,24). The lowest BCUT2D eigenvalue weighted by Gasteiger charge is -2.39. The van der Waals surface area contributed by atoms with E-state index < -0.39 is 5.97 Å². The van der Waals surface area contributed by atoms with Crippen LogP contribution < -0.4 is 0 Å². The van der Waals surface area contributed by atoms with Crippen molar-refractivity contribution in [3.05, 3.63) is 0 Å². The molecule has 0 aromatic rings. The first kappa shape index (κ1) is 19.1. The Hall–Kier alpha value is -0.690. The maximum atomic E-state index is 11.1. The van der Waals surface area contributed by atoms with E-state index in [2.05, 4.69) is 28.5 Å². The van der Waals surface area contributed by atoms with Crippen LogP contribution in [0.4, 0.5) is 0 Å². The predicted molar refractivity (Wildman–Crippen MR) is 97.9 cm³/mol. The highest BCUT2D eigenvalue weighted by atomic mass is 16.5. The Morgan fingerprint density at radius 2 is 1.68 bits per heavy atom. The number of carbonyl (C=O) groups is 1. The summed E-state index contributed by atoms with van der Waals surface area (Å²) in [6.07, 6.45) is 3.91. The number of ether oxygens (including phenoxy) is 1. The van der Waals surface area contributed by atoms with Gasteiger partial charge in [0, 0.05) is 45.3 Å². The number of likely N-dealkylation sites (tertiary alicyclic amines) is 1. The molecule has 0 aliphatic carbocycles. The molecule has 0 aromatic heterocycles. The monoisotopic (exact) mass is 353 g/mol. The lowest BCUT2D eigenvalue weighted by molar-refractivity contribution is -0.141. The molecule has 1 spiro atoms. The van der Waals surface area contributed by atoms with Crippen LogP contribution in [0.2, 0.25) is 0 Å². The first-order chi connectivity index (χ1) is 12.0. The number of aliphatic carboxylic acids is 1. The molecule has 6 nitrogen and oxygen atoms in total. The fraction of sp³-hybridized carbons (Fsp3) is 0.947. The molecule has 0 aromatic carbocycles. The van der Waals surface area contributed by atoms with E-state index in [9.17, 15) is 4.79 Å². The molecule has 25 heavy (non-hydrogen) atoms. The van der Waals surface area contributed by atoms with Crippen molar-refractivity contribution in [2.75, 3.05) is 59.0 Å². The van der Waals surface area contributed by atoms with Crippen molar-refractivity contribution in [1.82, 2.24) is 14.7 Å². The van der Waals surface area contributed by atoms with Crippen LogP contribution in [0.25, 0.3) is 0 Å². The van der Waals surface area contributed by atoms with Crippen molar-refractivity contribution in [2.24, 2.45) is 5.92 Å². The number of rotatable bonds is 6. The Labute approximate surface area is 152 Å². The third-order valence-electron chi connectivity index (χ3n) is 6.41. The van der Waals surface area contributed by atoms with E-state index in [1.165, 1.54) is 39.1 Å². The van der Waals surface area contributed by atoms with Gasteiger partial charge in [-0.1, -0.05) is 0 Å². The van der Waals surface area contributed by atoms with E-state index >= 15 is 0 Å². The second-order valence-electron chi connectivity index (χ2n) is 8.40. The van der Waals surface area contributed by atoms with Crippen LogP contribution in [-0.4, -0.2) is 96.4 Å². The molecule has 1 unspecified atom stereocenters. The van der Waals surface area contributed by atoms with Gasteiger partial charge in [0.25, 0.3) is 0 Å². The zero-order valence-corrected chi connectivity index (χ0v) is 16.0. The highest BCUT2D eigenvalue weighted by Gasteiger charge is 2.44. The van der Waals surface area contributed by atoms with E-state index in [-0.39, 0.29) is 11.5 Å². The van der Waals surface area contributed by atoms with Crippen LogP contribution in [0, 0.1) is 5.92 Å². The number of piperidine rings is 1.